The number of carbonyl (C=O) groups is 1. The number of nitrogens with one attached hydrogen (secondary N) is 1. The maximum atomic E-state index is 11.6. The number of rotatable bonds is 2. The monoisotopic (exact) mass is 311 g/mol. The Morgan fingerprint density at radius 2 is 2.35 bits per heavy atom. The van der Waals surface area contributed by atoms with Crippen LogP contribution in [0.25, 0.3) is 0 Å². The summed E-state index contributed by atoms with van der Waals surface area (Å²) in [5, 5.41) is 4.15. The number of anilines is 2. The van der Waals surface area contributed by atoms with E-state index in [1.54, 1.807) is 0 Å². The highest BCUT2D eigenvalue weighted by Crippen LogP contribution is 2.39. The molecule has 0 spiro atoms. The van der Waals surface area contributed by atoms with Crippen LogP contribution in [0.1, 0.15) is 24.9 Å². The van der Waals surface area contributed by atoms with Crippen molar-refractivity contribution in [2.75, 3.05) is 29.1 Å². The Kier molecular flexibility index (Phi) is 3.84. The number of carbonyl (C=O) groups excluding carboxylic acids is 1. The van der Waals surface area contributed by atoms with Crippen LogP contribution in [0.5, 0.6) is 0 Å². The van der Waals surface area contributed by atoms with Crippen LogP contribution in [0.15, 0.2) is 12.1 Å². The van der Waals surface area contributed by atoms with Crippen molar-refractivity contribution in [3.8, 4) is 0 Å². The van der Waals surface area contributed by atoms with Crippen LogP contribution in [0, 0.1) is 0 Å². The molecule has 3 N–H and O–H groups in total. The summed E-state index contributed by atoms with van der Waals surface area (Å²) in [6, 6.07) is 3.19. The fourth-order valence-corrected chi connectivity index (χ4v) is 4.19. The Morgan fingerprint density at radius 1 is 1.55 bits per heavy atom. The second-order valence-corrected chi connectivity index (χ2v) is 7.02. The van der Waals surface area contributed by atoms with E-state index in [0.717, 1.165) is 42.2 Å². The molecule has 1 aromatic carbocycles. The van der Waals surface area contributed by atoms with Gasteiger partial charge in [-0.05, 0) is 18.6 Å². The van der Waals surface area contributed by atoms with E-state index in [2.05, 4.69) is 17.1 Å². The molecule has 0 radical (unpaired) electrons. The third-order valence-corrected chi connectivity index (χ3v) is 5.60. The average molecular weight is 312 g/mol. The van der Waals surface area contributed by atoms with Gasteiger partial charge in [0.25, 0.3) is 0 Å². The summed E-state index contributed by atoms with van der Waals surface area (Å²) < 4.78 is 0. The van der Waals surface area contributed by atoms with E-state index < -0.39 is 6.04 Å². The molecular weight excluding hydrogens is 294 g/mol. The largest absolute Gasteiger partial charge is 0.368 e. The molecule has 2 unspecified atom stereocenters. The van der Waals surface area contributed by atoms with Gasteiger partial charge in [0, 0.05) is 35.3 Å². The summed E-state index contributed by atoms with van der Waals surface area (Å²) in [4.78, 5) is 13.9. The molecule has 2 heterocycles. The van der Waals surface area contributed by atoms with Gasteiger partial charge in [-0.3, -0.25) is 4.79 Å². The topological polar surface area (TPSA) is 58.4 Å². The molecule has 1 aromatic rings. The first-order valence-corrected chi connectivity index (χ1v) is 8.29. The van der Waals surface area contributed by atoms with E-state index in [9.17, 15) is 4.79 Å². The molecule has 0 saturated carbocycles. The zero-order valence-corrected chi connectivity index (χ0v) is 12.9. The SMILES string of the molecule is CCC1CN(c2cc3c(cc2Cl)C(N)C(=O)N3)CCS1. The van der Waals surface area contributed by atoms with Gasteiger partial charge in [0.05, 0.1) is 10.7 Å². The predicted molar refractivity (Wildman–Crippen MR) is 85.8 cm³/mol. The molecule has 1 fully saturated rings. The number of hydrogen-bond donors (Lipinski definition) is 2. The lowest BCUT2D eigenvalue weighted by atomic mass is 10.1. The van der Waals surface area contributed by atoms with Gasteiger partial charge in [-0.25, -0.2) is 0 Å². The molecule has 108 valence electrons. The molecule has 6 heteroatoms. The number of benzene rings is 1. The number of fused-ring (bicyclic) bond motifs is 1. The minimum absolute atomic E-state index is 0.158. The molecule has 0 bridgehead atoms. The first-order chi connectivity index (χ1) is 9.60. The van der Waals surface area contributed by atoms with Crippen LogP contribution in [0.2, 0.25) is 5.02 Å². The van der Waals surface area contributed by atoms with E-state index in [4.69, 9.17) is 17.3 Å². The van der Waals surface area contributed by atoms with Crippen molar-refractivity contribution in [1.82, 2.24) is 0 Å². The van der Waals surface area contributed by atoms with Gasteiger partial charge in [-0.1, -0.05) is 18.5 Å². The number of thioether (sulfide) groups is 1. The van der Waals surface area contributed by atoms with Gasteiger partial charge in [0.2, 0.25) is 5.91 Å². The highest BCUT2D eigenvalue weighted by molar-refractivity contribution is 8.00. The smallest absolute Gasteiger partial charge is 0.245 e. The van der Waals surface area contributed by atoms with E-state index >= 15 is 0 Å². The molecule has 1 amide bonds. The number of amides is 1. The molecule has 0 aliphatic carbocycles. The van der Waals surface area contributed by atoms with Crippen molar-refractivity contribution in [3.05, 3.63) is 22.7 Å². The summed E-state index contributed by atoms with van der Waals surface area (Å²) in [6.45, 7) is 4.20. The number of nitrogens with two attached hydrogens (primary N) is 1. The van der Waals surface area contributed by atoms with E-state index in [0.29, 0.717) is 10.3 Å². The normalized spacial score (nSPS) is 25.6. The fraction of sp³-hybridized carbons (Fsp3) is 0.500. The highest BCUT2D eigenvalue weighted by Gasteiger charge is 2.30. The van der Waals surface area contributed by atoms with Crippen molar-refractivity contribution in [2.45, 2.75) is 24.6 Å². The molecule has 0 aromatic heterocycles. The molecule has 3 rings (SSSR count). The molecule has 2 aliphatic heterocycles. The average Bonchev–Trinajstić information content (AvgIpc) is 2.73. The van der Waals surface area contributed by atoms with Crippen molar-refractivity contribution in [2.24, 2.45) is 5.73 Å². The predicted octanol–water partition coefficient (Wildman–Crippen LogP) is 2.62. The molecule has 20 heavy (non-hydrogen) atoms. The summed E-state index contributed by atoms with van der Waals surface area (Å²) in [5.41, 5.74) is 8.43. The summed E-state index contributed by atoms with van der Waals surface area (Å²) in [5.74, 6) is 0.950. The third-order valence-electron chi connectivity index (χ3n) is 3.93. The Balaban J connectivity index is 1.91. The van der Waals surface area contributed by atoms with Crippen molar-refractivity contribution in [3.63, 3.8) is 0 Å². The number of nitrogens with zero attached hydrogens (tertiary/aromatic N) is 1. The zero-order chi connectivity index (χ0) is 14.3. The van der Waals surface area contributed by atoms with E-state index in [1.807, 2.05) is 23.9 Å². The molecule has 1 saturated heterocycles. The molecule has 2 atom stereocenters. The zero-order valence-electron chi connectivity index (χ0n) is 11.4. The summed E-state index contributed by atoms with van der Waals surface area (Å²) in [7, 11) is 0. The van der Waals surface area contributed by atoms with Crippen molar-refractivity contribution < 1.29 is 4.79 Å². The molecule has 4 nitrogen and oxygen atoms in total. The Bertz CT molecular complexity index is 551. The Labute approximate surface area is 128 Å². The van der Waals surface area contributed by atoms with Gasteiger partial charge in [0.15, 0.2) is 0 Å². The minimum atomic E-state index is -0.600. The lowest BCUT2D eigenvalue weighted by Gasteiger charge is -2.34. The summed E-state index contributed by atoms with van der Waals surface area (Å²) in [6.07, 6.45) is 1.16. The molecule has 2 aliphatic rings. The lowest BCUT2D eigenvalue weighted by molar-refractivity contribution is -0.116. The van der Waals surface area contributed by atoms with Crippen LogP contribution in [0.4, 0.5) is 11.4 Å². The van der Waals surface area contributed by atoms with Gasteiger partial charge in [-0.15, -0.1) is 0 Å². The van der Waals surface area contributed by atoms with E-state index in [1.165, 1.54) is 0 Å². The van der Waals surface area contributed by atoms with Crippen LogP contribution < -0.4 is 16.0 Å². The first-order valence-electron chi connectivity index (χ1n) is 6.86. The van der Waals surface area contributed by atoms with Crippen molar-refractivity contribution in [1.29, 1.82) is 0 Å². The fourth-order valence-electron chi connectivity index (χ4n) is 2.72. The van der Waals surface area contributed by atoms with E-state index in [-0.39, 0.29) is 5.91 Å². The third kappa shape index (κ3) is 2.38. The number of hydrogen-bond acceptors (Lipinski definition) is 4. The van der Waals surface area contributed by atoms with Gasteiger partial charge in [0.1, 0.15) is 6.04 Å². The van der Waals surface area contributed by atoms with Crippen LogP contribution in [0.3, 0.4) is 0 Å². The Hall–Kier alpha value is -0.910. The van der Waals surface area contributed by atoms with Crippen LogP contribution in [-0.2, 0) is 4.79 Å². The maximum Gasteiger partial charge on any atom is 0.245 e. The standard InChI is InChI=1S/C14H18ClN3OS/c1-2-8-7-18(3-4-20-8)12-6-11-9(5-10(12)15)13(16)14(19)17-11/h5-6,8,13H,2-4,7,16H2,1H3,(H,17,19). The quantitative estimate of drug-likeness (QED) is 0.881. The maximum absolute atomic E-state index is 11.6. The van der Waals surface area contributed by atoms with Gasteiger partial charge >= 0.3 is 0 Å². The van der Waals surface area contributed by atoms with Crippen molar-refractivity contribution >= 4 is 40.6 Å². The highest BCUT2D eigenvalue weighted by atomic mass is 35.5. The first kappa shape index (κ1) is 14.0. The van der Waals surface area contributed by atoms with Gasteiger partial charge < -0.3 is 16.0 Å². The Morgan fingerprint density at radius 3 is 3.10 bits per heavy atom. The summed E-state index contributed by atoms with van der Waals surface area (Å²) >= 11 is 8.42. The molecular formula is C14H18ClN3OS. The van der Waals surface area contributed by atoms with Crippen LogP contribution >= 0.6 is 23.4 Å². The minimum Gasteiger partial charge on any atom is -0.368 e. The van der Waals surface area contributed by atoms with Crippen LogP contribution in [-0.4, -0.2) is 30.0 Å². The second kappa shape index (κ2) is 5.47. The second-order valence-electron chi connectivity index (χ2n) is 5.20. The number of halogens is 1. The lowest BCUT2D eigenvalue weighted by Crippen LogP contribution is -2.37. The van der Waals surface area contributed by atoms with Gasteiger partial charge in [-0.2, -0.15) is 11.8 Å².